The number of fused-ring (bicyclic) bond motifs is 1. The molecule has 1 aromatic carbocycles. The lowest BCUT2D eigenvalue weighted by Gasteiger charge is -2.19. The number of hydrogen-bond donors (Lipinski definition) is 2. The number of hydrogen-bond acceptors (Lipinski definition) is 2. The molecule has 0 spiro atoms. The number of para-hydroxylation sites is 1. The Morgan fingerprint density at radius 2 is 2.10 bits per heavy atom. The lowest BCUT2D eigenvalue weighted by atomic mass is 9.98. The molecule has 4 nitrogen and oxygen atoms in total. The fourth-order valence-electron chi connectivity index (χ4n) is 2.41. The molecule has 2 amide bonds. The highest BCUT2D eigenvalue weighted by Gasteiger charge is 2.34. The van der Waals surface area contributed by atoms with Gasteiger partial charge in [-0.15, -0.1) is 0 Å². The molecule has 110 valence electrons. The van der Waals surface area contributed by atoms with E-state index in [9.17, 15) is 18.0 Å². The average Bonchev–Trinajstić information content (AvgIpc) is 2.75. The Bertz CT molecular complexity index is 490. The van der Waals surface area contributed by atoms with E-state index in [2.05, 4.69) is 0 Å². The van der Waals surface area contributed by atoms with Crippen molar-refractivity contribution in [3.63, 3.8) is 0 Å². The van der Waals surface area contributed by atoms with Crippen LogP contribution in [-0.4, -0.2) is 31.8 Å². The molecule has 1 unspecified atom stereocenters. The van der Waals surface area contributed by atoms with Gasteiger partial charge in [0.15, 0.2) is 0 Å². The van der Waals surface area contributed by atoms with Crippen LogP contribution in [0.2, 0.25) is 0 Å². The number of amides is 2. The van der Waals surface area contributed by atoms with Gasteiger partial charge in [0.1, 0.15) is 6.54 Å². The van der Waals surface area contributed by atoms with E-state index in [1.165, 1.54) is 4.90 Å². The van der Waals surface area contributed by atoms with Crippen LogP contribution >= 0.6 is 0 Å². The molecule has 3 N–H and O–H groups in total. The molecule has 1 aromatic rings. The van der Waals surface area contributed by atoms with Gasteiger partial charge >= 0.3 is 12.2 Å². The number of nitrogens with zero attached hydrogens (tertiary/aromatic N) is 1. The SMILES string of the molecule is NCCC1CN(C(=O)NCC(F)(F)F)c2ccccc21. The van der Waals surface area contributed by atoms with Gasteiger partial charge in [0.05, 0.1) is 0 Å². The van der Waals surface area contributed by atoms with Crippen LogP contribution in [0.3, 0.4) is 0 Å². The quantitative estimate of drug-likeness (QED) is 0.895. The minimum absolute atomic E-state index is 0.0767. The van der Waals surface area contributed by atoms with Crippen LogP contribution in [0.5, 0.6) is 0 Å². The van der Waals surface area contributed by atoms with Crippen LogP contribution in [0.15, 0.2) is 24.3 Å². The van der Waals surface area contributed by atoms with Gasteiger partial charge in [-0.05, 0) is 24.6 Å². The van der Waals surface area contributed by atoms with Gasteiger partial charge in [-0.3, -0.25) is 4.90 Å². The minimum Gasteiger partial charge on any atom is -0.330 e. The lowest BCUT2D eigenvalue weighted by molar-refractivity contribution is -0.122. The zero-order valence-electron chi connectivity index (χ0n) is 10.8. The van der Waals surface area contributed by atoms with Crippen LogP contribution in [-0.2, 0) is 0 Å². The molecule has 0 aliphatic carbocycles. The van der Waals surface area contributed by atoms with Crippen LogP contribution < -0.4 is 16.0 Å². The van der Waals surface area contributed by atoms with Crippen molar-refractivity contribution in [3.8, 4) is 0 Å². The van der Waals surface area contributed by atoms with E-state index in [1.807, 2.05) is 17.4 Å². The molecule has 1 atom stereocenters. The number of rotatable bonds is 3. The number of anilines is 1. The standard InChI is InChI=1S/C13H16F3N3O/c14-13(15,16)8-18-12(20)19-7-9(5-6-17)10-3-1-2-4-11(10)19/h1-4,9H,5-8,17H2,(H,18,20). The Morgan fingerprint density at radius 1 is 1.40 bits per heavy atom. The Morgan fingerprint density at radius 3 is 2.75 bits per heavy atom. The summed E-state index contributed by atoms with van der Waals surface area (Å²) in [6, 6.07) is 6.49. The molecule has 0 radical (unpaired) electrons. The summed E-state index contributed by atoms with van der Waals surface area (Å²) < 4.78 is 36.4. The fourth-order valence-corrected chi connectivity index (χ4v) is 2.41. The van der Waals surface area contributed by atoms with Crippen molar-refractivity contribution in [3.05, 3.63) is 29.8 Å². The lowest BCUT2D eigenvalue weighted by Crippen LogP contribution is -2.43. The maximum Gasteiger partial charge on any atom is 0.405 e. The van der Waals surface area contributed by atoms with E-state index in [0.29, 0.717) is 25.2 Å². The number of alkyl halides is 3. The summed E-state index contributed by atoms with van der Waals surface area (Å²) in [5.41, 5.74) is 7.15. The highest BCUT2D eigenvalue weighted by atomic mass is 19.4. The Balaban J connectivity index is 2.12. The number of benzene rings is 1. The van der Waals surface area contributed by atoms with Crippen LogP contribution in [0, 0.1) is 0 Å². The number of carbonyl (C=O) groups is 1. The first kappa shape index (κ1) is 14.6. The first-order chi connectivity index (χ1) is 9.42. The summed E-state index contributed by atoms with van der Waals surface area (Å²) in [7, 11) is 0. The highest BCUT2D eigenvalue weighted by molar-refractivity contribution is 5.94. The summed E-state index contributed by atoms with van der Waals surface area (Å²) in [6.07, 6.45) is -3.72. The van der Waals surface area contributed by atoms with Gasteiger partial charge < -0.3 is 11.1 Å². The molecule has 0 bridgehead atoms. The molecule has 0 saturated heterocycles. The summed E-state index contributed by atoms with van der Waals surface area (Å²) in [6.45, 7) is -0.497. The Labute approximate surface area is 114 Å². The summed E-state index contributed by atoms with van der Waals surface area (Å²) in [5.74, 6) is 0.0767. The molecule has 1 heterocycles. The molecular weight excluding hydrogens is 271 g/mol. The van der Waals surface area contributed by atoms with E-state index in [1.54, 1.807) is 12.1 Å². The number of halogens is 3. The van der Waals surface area contributed by atoms with E-state index < -0.39 is 18.8 Å². The van der Waals surface area contributed by atoms with Crippen molar-refractivity contribution in [1.82, 2.24) is 5.32 Å². The fraction of sp³-hybridized carbons (Fsp3) is 0.462. The third-order valence-corrected chi connectivity index (χ3v) is 3.27. The van der Waals surface area contributed by atoms with Gasteiger partial charge in [-0.1, -0.05) is 18.2 Å². The molecule has 0 saturated carbocycles. The third kappa shape index (κ3) is 3.22. The Hall–Kier alpha value is -1.76. The monoisotopic (exact) mass is 287 g/mol. The predicted molar refractivity (Wildman–Crippen MR) is 69.7 cm³/mol. The highest BCUT2D eigenvalue weighted by Crippen LogP contribution is 2.37. The molecule has 1 aliphatic heterocycles. The van der Waals surface area contributed by atoms with Crippen LogP contribution in [0.25, 0.3) is 0 Å². The smallest absolute Gasteiger partial charge is 0.330 e. The predicted octanol–water partition coefficient (Wildman–Crippen LogP) is 2.21. The van der Waals surface area contributed by atoms with E-state index in [4.69, 9.17) is 5.73 Å². The van der Waals surface area contributed by atoms with Crippen molar-refractivity contribution in [2.75, 3.05) is 24.5 Å². The zero-order valence-corrected chi connectivity index (χ0v) is 10.8. The van der Waals surface area contributed by atoms with Crippen molar-refractivity contribution in [2.45, 2.75) is 18.5 Å². The molecular formula is C13H16F3N3O. The van der Waals surface area contributed by atoms with E-state index in [0.717, 1.165) is 5.56 Å². The van der Waals surface area contributed by atoms with Crippen LogP contribution in [0.4, 0.5) is 23.7 Å². The van der Waals surface area contributed by atoms with Gasteiger partial charge in [-0.25, -0.2) is 4.79 Å². The van der Waals surface area contributed by atoms with Gasteiger partial charge in [0.2, 0.25) is 0 Å². The second kappa shape index (κ2) is 5.70. The van der Waals surface area contributed by atoms with Crippen molar-refractivity contribution < 1.29 is 18.0 Å². The van der Waals surface area contributed by atoms with Gasteiger partial charge in [0, 0.05) is 18.2 Å². The van der Waals surface area contributed by atoms with Crippen LogP contribution in [0.1, 0.15) is 17.9 Å². The maximum absolute atomic E-state index is 12.1. The minimum atomic E-state index is -4.41. The second-order valence-corrected chi connectivity index (χ2v) is 4.72. The summed E-state index contributed by atoms with van der Waals surface area (Å²) in [4.78, 5) is 13.2. The number of nitrogens with two attached hydrogens (primary N) is 1. The van der Waals surface area contributed by atoms with Crippen molar-refractivity contribution in [1.29, 1.82) is 0 Å². The zero-order chi connectivity index (χ0) is 14.8. The van der Waals surface area contributed by atoms with Crippen molar-refractivity contribution in [2.24, 2.45) is 5.73 Å². The largest absolute Gasteiger partial charge is 0.405 e. The molecule has 2 rings (SSSR count). The number of carbonyl (C=O) groups excluding carboxylic acids is 1. The first-order valence-electron chi connectivity index (χ1n) is 6.33. The molecule has 20 heavy (non-hydrogen) atoms. The Kier molecular flexibility index (Phi) is 4.17. The topological polar surface area (TPSA) is 58.4 Å². The van der Waals surface area contributed by atoms with E-state index in [-0.39, 0.29) is 5.92 Å². The van der Waals surface area contributed by atoms with Crippen molar-refractivity contribution >= 4 is 11.7 Å². The third-order valence-electron chi connectivity index (χ3n) is 3.27. The van der Waals surface area contributed by atoms with E-state index >= 15 is 0 Å². The number of urea groups is 1. The summed E-state index contributed by atoms with van der Waals surface area (Å²) >= 11 is 0. The normalized spacial score (nSPS) is 18.0. The second-order valence-electron chi connectivity index (χ2n) is 4.72. The molecule has 0 fully saturated rings. The average molecular weight is 287 g/mol. The maximum atomic E-state index is 12.1. The van der Waals surface area contributed by atoms with Gasteiger partial charge in [-0.2, -0.15) is 13.2 Å². The first-order valence-corrected chi connectivity index (χ1v) is 6.33. The summed E-state index contributed by atoms with van der Waals surface area (Å²) in [5, 5.41) is 1.90. The molecule has 0 aromatic heterocycles. The van der Waals surface area contributed by atoms with Gasteiger partial charge in [0.25, 0.3) is 0 Å². The molecule has 1 aliphatic rings. The molecule has 7 heteroatoms. The number of nitrogens with one attached hydrogen (secondary N) is 1.